The molecule has 0 amide bonds. The maximum atomic E-state index is 8.73. The first-order valence-corrected chi connectivity index (χ1v) is 12.0. The highest BCUT2D eigenvalue weighted by Gasteiger charge is 2.39. The Bertz CT molecular complexity index is 347. The van der Waals surface area contributed by atoms with Crippen LogP contribution in [0, 0.1) is 16.7 Å². The molecule has 0 aromatic heterocycles. The molecule has 2 nitrogen and oxygen atoms in total. The van der Waals surface area contributed by atoms with Gasteiger partial charge in [0, 0.05) is 23.7 Å². The number of aliphatic hydroxyl groups excluding tert-OH is 1. The Kier molecular flexibility index (Phi) is 12.6. The zero-order chi connectivity index (χ0) is 18.6. The van der Waals surface area contributed by atoms with Crippen molar-refractivity contribution < 1.29 is 5.11 Å². The van der Waals surface area contributed by atoms with E-state index in [4.69, 9.17) is 5.11 Å². The van der Waals surface area contributed by atoms with Crippen LogP contribution < -0.4 is 5.32 Å². The lowest BCUT2D eigenvalue weighted by molar-refractivity contribution is 0.0625. The molecule has 24 heavy (non-hydrogen) atoms. The van der Waals surface area contributed by atoms with Crippen molar-refractivity contribution in [3.05, 3.63) is 12.3 Å². The van der Waals surface area contributed by atoms with Gasteiger partial charge in [0.25, 0.3) is 0 Å². The van der Waals surface area contributed by atoms with Gasteiger partial charge in [0.2, 0.25) is 0 Å². The topological polar surface area (TPSA) is 32.3 Å². The first-order valence-electron chi connectivity index (χ1n) is 9.53. The molecule has 0 aromatic carbocycles. The lowest BCUT2D eigenvalue weighted by Crippen LogP contribution is -2.41. The van der Waals surface area contributed by atoms with Crippen molar-refractivity contribution in [2.45, 2.75) is 73.6 Å². The highest BCUT2D eigenvalue weighted by atomic mass is 33.1. The highest BCUT2D eigenvalue weighted by Crippen LogP contribution is 2.48. The number of hydrogen-bond acceptors (Lipinski definition) is 4. The van der Waals surface area contributed by atoms with E-state index in [0.29, 0.717) is 10.8 Å². The summed E-state index contributed by atoms with van der Waals surface area (Å²) in [5.41, 5.74) is 2.05. The van der Waals surface area contributed by atoms with Gasteiger partial charge in [-0.1, -0.05) is 69.7 Å². The zero-order valence-electron chi connectivity index (χ0n) is 16.9. The minimum atomic E-state index is 0.277. The van der Waals surface area contributed by atoms with Crippen molar-refractivity contribution in [3.63, 3.8) is 0 Å². The van der Waals surface area contributed by atoms with Crippen LogP contribution in [0.15, 0.2) is 12.3 Å². The smallest absolute Gasteiger partial charge is 0.0530 e. The van der Waals surface area contributed by atoms with Gasteiger partial charge in [0.15, 0.2) is 0 Å². The Hall–Kier alpha value is 0.200. The van der Waals surface area contributed by atoms with Crippen LogP contribution in [0.25, 0.3) is 0 Å². The first kappa shape index (κ1) is 24.2. The van der Waals surface area contributed by atoms with Gasteiger partial charge in [-0.05, 0) is 48.9 Å². The molecule has 2 N–H and O–H groups in total. The van der Waals surface area contributed by atoms with Crippen molar-refractivity contribution in [2.75, 3.05) is 24.7 Å². The molecular weight excluding hydrogens is 334 g/mol. The summed E-state index contributed by atoms with van der Waals surface area (Å²) >= 11 is 0. The fourth-order valence-electron chi connectivity index (χ4n) is 4.22. The third-order valence-corrected chi connectivity index (χ3v) is 6.85. The van der Waals surface area contributed by atoms with Gasteiger partial charge in [-0.2, -0.15) is 0 Å². The van der Waals surface area contributed by atoms with Gasteiger partial charge in [-0.15, -0.1) is 0 Å². The number of nitrogens with one attached hydrogen (secondary N) is 1. The Morgan fingerprint density at radius 1 is 1.17 bits per heavy atom. The van der Waals surface area contributed by atoms with Crippen LogP contribution >= 0.6 is 21.6 Å². The lowest BCUT2D eigenvalue weighted by atomic mass is 9.61. The quantitative estimate of drug-likeness (QED) is 0.356. The van der Waals surface area contributed by atoms with E-state index in [1.807, 2.05) is 24.6 Å². The second kappa shape index (κ2) is 12.5. The molecule has 0 spiro atoms. The molecular formula is C20H41NOS2. The summed E-state index contributed by atoms with van der Waals surface area (Å²) in [6.07, 6.45) is 6.20. The summed E-state index contributed by atoms with van der Waals surface area (Å²) in [4.78, 5) is 0. The van der Waals surface area contributed by atoms with E-state index in [1.165, 1.54) is 25.0 Å². The van der Waals surface area contributed by atoms with Crippen LogP contribution in [0.1, 0.15) is 73.6 Å². The molecule has 0 aliphatic heterocycles. The normalized spacial score (nSPS) is 25.5. The van der Waals surface area contributed by atoms with Crippen LogP contribution in [0.2, 0.25) is 0 Å². The van der Waals surface area contributed by atoms with Gasteiger partial charge in [-0.25, -0.2) is 0 Å². The zero-order valence-corrected chi connectivity index (χ0v) is 18.5. The molecule has 0 bridgehead atoms. The maximum Gasteiger partial charge on any atom is 0.0530 e. The van der Waals surface area contributed by atoms with E-state index in [0.717, 1.165) is 36.8 Å². The van der Waals surface area contributed by atoms with E-state index >= 15 is 0 Å². The summed E-state index contributed by atoms with van der Waals surface area (Å²) in [7, 11) is 3.61. The van der Waals surface area contributed by atoms with E-state index in [1.54, 1.807) is 10.8 Å². The molecule has 0 radical (unpaired) electrons. The molecule has 4 heteroatoms. The molecule has 0 heterocycles. The predicted molar refractivity (Wildman–Crippen MR) is 115 cm³/mol. The number of rotatable bonds is 10. The van der Waals surface area contributed by atoms with Crippen LogP contribution in [0.5, 0.6) is 0 Å². The lowest BCUT2D eigenvalue weighted by Gasteiger charge is -2.46. The Balaban J connectivity index is 0.00000254. The predicted octanol–water partition coefficient (Wildman–Crippen LogP) is 6.12. The Morgan fingerprint density at radius 3 is 2.38 bits per heavy atom. The molecule has 1 aliphatic rings. The van der Waals surface area contributed by atoms with Crippen molar-refractivity contribution >= 4 is 21.6 Å². The van der Waals surface area contributed by atoms with Gasteiger partial charge >= 0.3 is 0 Å². The maximum absolute atomic E-state index is 8.73. The Morgan fingerprint density at radius 2 is 1.79 bits per heavy atom. The molecule has 1 aliphatic carbocycles. The van der Waals surface area contributed by atoms with Gasteiger partial charge in [0.05, 0.1) is 6.61 Å². The van der Waals surface area contributed by atoms with E-state index < -0.39 is 0 Å². The molecule has 1 fully saturated rings. The second-order valence-electron chi connectivity index (χ2n) is 8.09. The van der Waals surface area contributed by atoms with Gasteiger partial charge < -0.3 is 10.4 Å². The summed E-state index contributed by atoms with van der Waals surface area (Å²) in [5.74, 6) is 2.78. The second-order valence-corrected chi connectivity index (χ2v) is 10.8. The minimum absolute atomic E-state index is 0.277. The largest absolute Gasteiger partial charge is 0.395 e. The summed E-state index contributed by atoms with van der Waals surface area (Å²) < 4.78 is 0. The standard InChI is InChI=1S/C18H35NOS2.C2H6/c1-15-11-17(3,4)13-18(5,12-15)14-19-16(2)7-6-9-21-22-10-8-20;1-2/h15,19-20H,2,6-14H2,1,3-5H3;1-2H3. The van der Waals surface area contributed by atoms with E-state index in [-0.39, 0.29) is 6.61 Å². The van der Waals surface area contributed by atoms with Crippen molar-refractivity contribution in [3.8, 4) is 0 Å². The molecule has 144 valence electrons. The van der Waals surface area contributed by atoms with Crippen molar-refractivity contribution in [1.82, 2.24) is 5.32 Å². The summed E-state index contributed by atoms with van der Waals surface area (Å²) in [6.45, 7) is 19.2. The van der Waals surface area contributed by atoms with Gasteiger partial charge in [-0.3, -0.25) is 0 Å². The van der Waals surface area contributed by atoms with Crippen LogP contribution in [-0.2, 0) is 0 Å². The Labute approximate surface area is 159 Å². The summed E-state index contributed by atoms with van der Waals surface area (Å²) in [6, 6.07) is 0. The van der Waals surface area contributed by atoms with Crippen LogP contribution in [0.3, 0.4) is 0 Å². The monoisotopic (exact) mass is 375 g/mol. The van der Waals surface area contributed by atoms with Gasteiger partial charge in [0.1, 0.15) is 0 Å². The van der Waals surface area contributed by atoms with Crippen LogP contribution in [-0.4, -0.2) is 29.8 Å². The first-order chi connectivity index (χ1) is 11.3. The number of allylic oxidation sites excluding steroid dienone is 1. The summed E-state index contributed by atoms with van der Waals surface area (Å²) in [5, 5.41) is 12.3. The average molecular weight is 376 g/mol. The minimum Gasteiger partial charge on any atom is -0.395 e. The highest BCUT2D eigenvalue weighted by molar-refractivity contribution is 8.76. The third kappa shape index (κ3) is 10.9. The fourth-order valence-corrected chi connectivity index (χ4v) is 6.07. The molecule has 2 unspecified atom stereocenters. The van der Waals surface area contributed by atoms with Crippen molar-refractivity contribution in [1.29, 1.82) is 0 Å². The molecule has 2 atom stereocenters. The van der Waals surface area contributed by atoms with Crippen LogP contribution in [0.4, 0.5) is 0 Å². The molecule has 0 aromatic rings. The number of hydrogen-bond donors (Lipinski definition) is 2. The molecule has 1 rings (SSSR count). The molecule has 0 saturated heterocycles. The number of aliphatic hydroxyl groups is 1. The fraction of sp³-hybridized carbons (Fsp3) is 0.900. The van der Waals surface area contributed by atoms with Crippen molar-refractivity contribution in [2.24, 2.45) is 16.7 Å². The third-order valence-electron chi connectivity index (χ3n) is 4.38. The SMILES string of the molecule is C=C(CCCSSCCO)NCC1(C)CC(C)CC(C)(C)C1.CC. The van der Waals surface area contributed by atoms with E-state index in [2.05, 4.69) is 39.6 Å². The van der Waals surface area contributed by atoms with E-state index in [9.17, 15) is 0 Å². The average Bonchev–Trinajstić information content (AvgIpc) is 2.48. The molecule has 1 saturated carbocycles.